The molecule has 4 rings (SSSR count). The standard InChI is InChI=1S/C20H14O7S/c1-10(21)18-14(19(22)23)9-15(27-20(18)24)11-6-7-17-13(8-11)12-4-2-3-5-16(12)28(17,25)26/h2-9,14,18H,1H3,(H,22,23). The van der Waals surface area contributed by atoms with E-state index in [1.54, 1.807) is 24.3 Å². The summed E-state index contributed by atoms with van der Waals surface area (Å²) in [5.41, 5.74) is 1.33. The number of ether oxygens (including phenoxy) is 1. The summed E-state index contributed by atoms with van der Waals surface area (Å²) in [7, 11) is -3.63. The predicted octanol–water partition coefficient (Wildman–Crippen LogP) is 2.30. The van der Waals surface area contributed by atoms with Crippen LogP contribution in [0.15, 0.2) is 58.3 Å². The van der Waals surface area contributed by atoms with Crippen LogP contribution >= 0.6 is 0 Å². The molecule has 2 heterocycles. The molecule has 0 aliphatic carbocycles. The summed E-state index contributed by atoms with van der Waals surface area (Å²) in [5.74, 6) is -5.62. The molecule has 142 valence electrons. The Morgan fingerprint density at radius 1 is 1.04 bits per heavy atom. The number of carbonyl (C=O) groups excluding carboxylic acids is 2. The molecule has 2 aliphatic heterocycles. The molecule has 0 saturated carbocycles. The average molecular weight is 398 g/mol. The van der Waals surface area contributed by atoms with Crippen LogP contribution in [0.3, 0.4) is 0 Å². The predicted molar refractivity (Wildman–Crippen MR) is 96.7 cm³/mol. The smallest absolute Gasteiger partial charge is 0.323 e. The molecule has 1 N–H and O–H groups in total. The third kappa shape index (κ3) is 2.56. The maximum Gasteiger partial charge on any atom is 0.323 e. The Kier molecular flexibility index (Phi) is 3.97. The Labute approximate surface area is 160 Å². The minimum atomic E-state index is -3.63. The molecular weight excluding hydrogens is 384 g/mol. The number of fused-ring (bicyclic) bond motifs is 3. The largest absolute Gasteiger partial charge is 0.481 e. The number of sulfone groups is 1. The monoisotopic (exact) mass is 398 g/mol. The van der Waals surface area contributed by atoms with E-state index in [9.17, 15) is 27.9 Å². The first-order chi connectivity index (χ1) is 13.2. The number of Topliss-reactive ketones (excluding diaryl/α,β-unsaturated/α-hetero) is 1. The first kappa shape index (κ1) is 18.1. The highest BCUT2D eigenvalue weighted by Gasteiger charge is 2.42. The number of benzene rings is 2. The van der Waals surface area contributed by atoms with Gasteiger partial charge in [0.1, 0.15) is 17.5 Å². The van der Waals surface area contributed by atoms with Crippen LogP contribution in [-0.4, -0.2) is 31.2 Å². The molecule has 2 atom stereocenters. The normalized spacial score (nSPS) is 21.9. The molecule has 0 bridgehead atoms. The van der Waals surface area contributed by atoms with Crippen molar-refractivity contribution < 1.29 is 32.6 Å². The Bertz CT molecular complexity index is 1190. The van der Waals surface area contributed by atoms with Crippen LogP contribution in [0.4, 0.5) is 0 Å². The molecule has 0 saturated heterocycles. The zero-order valence-electron chi connectivity index (χ0n) is 14.6. The number of ketones is 1. The molecule has 0 spiro atoms. The Balaban J connectivity index is 1.85. The van der Waals surface area contributed by atoms with E-state index in [2.05, 4.69) is 0 Å². The Morgan fingerprint density at radius 3 is 2.39 bits per heavy atom. The van der Waals surface area contributed by atoms with Gasteiger partial charge in [0, 0.05) is 16.7 Å². The number of hydrogen-bond donors (Lipinski definition) is 1. The molecule has 8 heteroatoms. The van der Waals surface area contributed by atoms with E-state index >= 15 is 0 Å². The van der Waals surface area contributed by atoms with E-state index < -0.39 is 39.4 Å². The number of cyclic esters (lactones) is 1. The highest BCUT2D eigenvalue weighted by atomic mass is 32.2. The number of hydrogen-bond acceptors (Lipinski definition) is 6. The maximum absolute atomic E-state index is 12.7. The Hall–Kier alpha value is -3.26. The minimum absolute atomic E-state index is 0.0144. The molecule has 2 aromatic carbocycles. The molecule has 0 amide bonds. The van der Waals surface area contributed by atoms with Crippen LogP contribution in [0.1, 0.15) is 12.5 Å². The SMILES string of the molecule is CC(=O)C1C(=O)OC(c2ccc3c(c2)-c2ccccc2S3(=O)=O)=CC1C(=O)O. The second kappa shape index (κ2) is 6.13. The lowest BCUT2D eigenvalue weighted by Crippen LogP contribution is -2.37. The maximum atomic E-state index is 12.7. The lowest BCUT2D eigenvalue weighted by Gasteiger charge is -2.24. The molecular formula is C20H14O7S. The van der Waals surface area contributed by atoms with Crippen LogP contribution in [0.5, 0.6) is 0 Å². The second-order valence-electron chi connectivity index (χ2n) is 6.61. The lowest BCUT2D eigenvalue weighted by atomic mass is 9.86. The third-order valence-electron chi connectivity index (χ3n) is 4.90. The lowest BCUT2D eigenvalue weighted by molar-refractivity contribution is -0.156. The van der Waals surface area contributed by atoms with E-state index in [-0.39, 0.29) is 15.6 Å². The highest BCUT2D eigenvalue weighted by Crippen LogP contribution is 2.44. The first-order valence-electron chi connectivity index (χ1n) is 8.37. The molecule has 0 aromatic heterocycles. The topological polar surface area (TPSA) is 115 Å². The molecule has 2 aliphatic rings. The van der Waals surface area contributed by atoms with Gasteiger partial charge in [-0.15, -0.1) is 0 Å². The van der Waals surface area contributed by atoms with Crippen molar-refractivity contribution in [2.24, 2.45) is 11.8 Å². The Morgan fingerprint density at radius 2 is 1.71 bits per heavy atom. The van der Waals surface area contributed by atoms with Gasteiger partial charge in [-0.2, -0.15) is 0 Å². The van der Waals surface area contributed by atoms with Gasteiger partial charge in [0.05, 0.1) is 15.7 Å². The number of aliphatic carboxylic acids is 1. The van der Waals surface area contributed by atoms with Crippen molar-refractivity contribution in [3.8, 4) is 11.1 Å². The van der Waals surface area contributed by atoms with Gasteiger partial charge in [-0.25, -0.2) is 8.42 Å². The number of carboxylic acid groups (broad SMARTS) is 1. The van der Waals surface area contributed by atoms with Gasteiger partial charge in [0.25, 0.3) is 0 Å². The van der Waals surface area contributed by atoms with Gasteiger partial charge in [0.2, 0.25) is 9.84 Å². The van der Waals surface area contributed by atoms with Gasteiger partial charge in [-0.3, -0.25) is 14.4 Å². The van der Waals surface area contributed by atoms with Crippen molar-refractivity contribution >= 4 is 33.3 Å². The molecule has 2 unspecified atom stereocenters. The molecule has 7 nitrogen and oxygen atoms in total. The summed E-state index contributed by atoms with van der Waals surface area (Å²) in [4.78, 5) is 35.8. The van der Waals surface area contributed by atoms with E-state index in [1.807, 2.05) is 0 Å². The summed E-state index contributed by atoms with van der Waals surface area (Å²) in [5, 5.41) is 9.41. The fourth-order valence-corrected chi connectivity index (χ4v) is 5.24. The number of carboxylic acids is 1. The molecule has 0 fully saturated rings. The molecule has 0 radical (unpaired) electrons. The van der Waals surface area contributed by atoms with Crippen LogP contribution in [-0.2, 0) is 29.0 Å². The average Bonchev–Trinajstić information content (AvgIpc) is 2.88. The van der Waals surface area contributed by atoms with E-state index in [0.717, 1.165) is 6.92 Å². The zero-order valence-corrected chi connectivity index (χ0v) is 15.4. The zero-order chi connectivity index (χ0) is 20.2. The molecule has 28 heavy (non-hydrogen) atoms. The van der Waals surface area contributed by atoms with Crippen molar-refractivity contribution in [3.63, 3.8) is 0 Å². The summed E-state index contributed by atoms with van der Waals surface area (Å²) >= 11 is 0. The van der Waals surface area contributed by atoms with E-state index in [4.69, 9.17) is 4.74 Å². The number of esters is 1. The summed E-state index contributed by atoms with van der Waals surface area (Å²) in [6, 6.07) is 10.9. The first-order valence-corrected chi connectivity index (χ1v) is 9.86. The van der Waals surface area contributed by atoms with E-state index in [1.165, 1.54) is 24.3 Å². The van der Waals surface area contributed by atoms with Crippen molar-refractivity contribution in [2.75, 3.05) is 0 Å². The minimum Gasteiger partial charge on any atom is -0.481 e. The van der Waals surface area contributed by atoms with Crippen LogP contribution in [0.25, 0.3) is 16.9 Å². The van der Waals surface area contributed by atoms with Crippen molar-refractivity contribution in [1.29, 1.82) is 0 Å². The van der Waals surface area contributed by atoms with E-state index in [0.29, 0.717) is 16.7 Å². The van der Waals surface area contributed by atoms with Crippen LogP contribution in [0.2, 0.25) is 0 Å². The van der Waals surface area contributed by atoms with Gasteiger partial charge in [-0.05, 0) is 37.3 Å². The van der Waals surface area contributed by atoms with Crippen LogP contribution in [0, 0.1) is 11.8 Å². The van der Waals surface area contributed by atoms with Crippen molar-refractivity contribution in [1.82, 2.24) is 0 Å². The highest BCUT2D eigenvalue weighted by molar-refractivity contribution is 7.92. The number of rotatable bonds is 3. The van der Waals surface area contributed by atoms with Crippen molar-refractivity contribution in [2.45, 2.75) is 16.7 Å². The number of carbonyl (C=O) groups is 3. The fraction of sp³-hybridized carbons (Fsp3) is 0.150. The van der Waals surface area contributed by atoms with Crippen LogP contribution < -0.4 is 0 Å². The second-order valence-corrected chi connectivity index (χ2v) is 8.50. The summed E-state index contributed by atoms with van der Waals surface area (Å²) in [6.07, 6.45) is 1.22. The van der Waals surface area contributed by atoms with Gasteiger partial charge < -0.3 is 9.84 Å². The van der Waals surface area contributed by atoms with Gasteiger partial charge >= 0.3 is 11.9 Å². The third-order valence-corrected chi connectivity index (χ3v) is 6.77. The molecule has 2 aromatic rings. The summed E-state index contributed by atoms with van der Waals surface area (Å²) < 4.78 is 30.5. The summed E-state index contributed by atoms with van der Waals surface area (Å²) in [6.45, 7) is 1.14. The quantitative estimate of drug-likeness (QED) is 0.532. The van der Waals surface area contributed by atoms with Gasteiger partial charge in [0.15, 0.2) is 0 Å². The fourth-order valence-electron chi connectivity index (χ4n) is 3.57. The van der Waals surface area contributed by atoms with Gasteiger partial charge in [-0.1, -0.05) is 18.2 Å². The van der Waals surface area contributed by atoms with Crippen molar-refractivity contribution in [3.05, 3.63) is 54.1 Å².